The van der Waals surface area contributed by atoms with Crippen LogP contribution in [-0.4, -0.2) is 30.3 Å². The molecule has 2 aliphatic rings. The predicted octanol–water partition coefficient (Wildman–Crippen LogP) is 1.06. The van der Waals surface area contributed by atoms with E-state index >= 15 is 0 Å². The summed E-state index contributed by atoms with van der Waals surface area (Å²) in [6, 6.07) is 0.295. The third-order valence-corrected chi connectivity index (χ3v) is 3.10. The zero-order valence-corrected chi connectivity index (χ0v) is 7.05. The second-order valence-corrected chi connectivity index (χ2v) is 3.83. The first-order valence-electron chi connectivity index (χ1n) is 4.52. The first-order chi connectivity index (χ1) is 5.29. The topological polar surface area (TPSA) is 20.3 Å². The summed E-state index contributed by atoms with van der Waals surface area (Å²) in [5, 5.41) is 0. The number of likely N-dealkylation sites (N-methyl/N-ethyl adjacent to an activating group) is 1. The summed E-state index contributed by atoms with van der Waals surface area (Å²) in [4.78, 5) is 13.7. The first kappa shape index (κ1) is 7.29. The number of carbonyl (C=O) groups is 1. The molecule has 2 fully saturated rings. The number of carbonyl (C=O) groups excluding carboxylic acids is 1. The molecule has 0 bridgehead atoms. The van der Waals surface area contributed by atoms with Gasteiger partial charge >= 0.3 is 0 Å². The van der Waals surface area contributed by atoms with E-state index in [1.807, 2.05) is 0 Å². The number of hydrogen-bond acceptors (Lipinski definition) is 2. The monoisotopic (exact) mass is 153 g/mol. The van der Waals surface area contributed by atoms with Crippen LogP contribution in [-0.2, 0) is 4.79 Å². The Hall–Kier alpha value is -0.370. The summed E-state index contributed by atoms with van der Waals surface area (Å²) in [7, 11) is 2.08. The van der Waals surface area contributed by atoms with E-state index in [0.29, 0.717) is 17.7 Å². The molecule has 0 aromatic heterocycles. The van der Waals surface area contributed by atoms with Gasteiger partial charge in [0, 0.05) is 6.42 Å². The highest BCUT2D eigenvalue weighted by Gasteiger charge is 2.38. The number of hydrogen-bond donors (Lipinski definition) is 0. The second kappa shape index (κ2) is 2.59. The molecule has 0 spiro atoms. The zero-order chi connectivity index (χ0) is 7.84. The number of Topliss-reactive ketones (excluding diaryl/α,β-unsaturated/α-hetero) is 1. The van der Waals surface area contributed by atoms with E-state index in [4.69, 9.17) is 0 Å². The molecule has 11 heavy (non-hydrogen) atoms. The fraction of sp³-hybridized carbons (Fsp3) is 0.889. The van der Waals surface area contributed by atoms with Gasteiger partial charge in [-0.1, -0.05) is 0 Å². The lowest BCUT2D eigenvalue weighted by atomic mass is 9.84. The molecular formula is C9H15NO. The molecule has 1 saturated carbocycles. The minimum atomic E-state index is 0.295. The van der Waals surface area contributed by atoms with Crippen LogP contribution in [0.3, 0.4) is 0 Å². The van der Waals surface area contributed by atoms with Crippen molar-refractivity contribution >= 4 is 5.78 Å². The van der Waals surface area contributed by atoms with Crippen molar-refractivity contribution < 1.29 is 4.79 Å². The number of likely N-dealkylation sites (tertiary alicyclic amines) is 1. The van der Waals surface area contributed by atoms with Gasteiger partial charge in [-0.3, -0.25) is 9.69 Å². The maximum absolute atomic E-state index is 11.4. The standard InChI is InChI=1S/C9H15NO/c1-10-6-5-7-3-2-4-8(11)9(7)10/h7,9H,2-6H2,1H3/t7-,9+/m0/s1. The number of fused-ring (bicyclic) bond motifs is 1. The summed E-state index contributed by atoms with van der Waals surface area (Å²) in [5.74, 6) is 1.18. The summed E-state index contributed by atoms with van der Waals surface area (Å²) in [6.45, 7) is 1.13. The molecule has 1 aliphatic heterocycles. The van der Waals surface area contributed by atoms with Gasteiger partial charge in [-0.15, -0.1) is 0 Å². The van der Waals surface area contributed by atoms with Gasteiger partial charge in [0.2, 0.25) is 0 Å². The molecule has 0 amide bonds. The van der Waals surface area contributed by atoms with Gasteiger partial charge in [0.1, 0.15) is 5.78 Å². The molecule has 2 nitrogen and oxygen atoms in total. The Morgan fingerprint density at radius 1 is 1.45 bits per heavy atom. The normalized spacial score (nSPS) is 39.2. The maximum Gasteiger partial charge on any atom is 0.150 e. The average molecular weight is 153 g/mol. The molecule has 0 radical (unpaired) electrons. The Bertz CT molecular complexity index is 176. The molecule has 1 aliphatic carbocycles. The summed E-state index contributed by atoms with van der Waals surface area (Å²) in [6.07, 6.45) is 4.48. The van der Waals surface area contributed by atoms with Crippen molar-refractivity contribution in [2.75, 3.05) is 13.6 Å². The van der Waals surface area contributed by atoms with Crippen LogP contribution in [0.25, 0.3) is 0 Å². The van der Waals surface area contributed by atoms with Crippen LogP contribution in [0.1, 0.15) is 25.7 Å². The Kier molecular flexibility index (Phi) is 1.72. The molecule has 1 heterocycles. The van der Waals surface area contributed by atoms with Gasteiger partial charge in [0.05, 0.1) is 6.04 Å². The molecule has 2 atom stereocenters. The molecule has 0 N–H and O–H groups in total. The SMILES string of the molecule is CN1CC[C@@H]2CCCC(=O)[C@@H]21. The van der Waals surface area contributed by atoms with E-state index in [9.17, 15) is 4.79 Å². The van der Waals surface area contributed by atoms with Crippen LogP contribution in [0.15, 0.2) is 0 Å². The molecule has 2 rings (SSSR count). The average Bonchev–Trinajstić information content (AvgIpc) is 2.34. The quantitative estimate of drug-likeness (QED) is 0.518. The largest absolute Gasteiger partial charge is 0.298 e. The fourth-order valence-corrected chi connectivity index (χ4v) is 2.52. The predicted molar refractivity (Wildman–Crippen MR) is 43.4 cm³/mol. The Morgan fingerprint density at radius 3 is 3.00 bits per heavy atom. The minimum absolute atomic E-state index is 0.295. The molecule has 62 valence electrons. The second-order valence-electron chi connectivity index (χ2n) is 3.83. The van der Waals surface area contributed by atoms with Gasteiger partial charge in [0.25, 0.3) is 0 Å². The van der Waals surface area contributed by atoms with Crippen molar-refractivity contribution in [1.29, 1.82) is 0 Å². The van der Waals surface area contributed by atoms with Gasteiger partial charge in [0.15, 0.2) is 0 Å². The van der Waals surface area contributed by atoms with Crippen LogP contribution in [0.4, 0.5) is 0 Å². The highest BCUT2D eigenvalue weighted by Crippen LogP contribution is 2.32. The number of rotatable bonds is 0. The van der Waals surface area contributed by atoms with Crippen molar-refractivity contribution in [1.82, 2.24) is 4.90 Å². The van der Waals surface area contributed by atoms with E-state index in [1.165, 1.54) is 12.8 Å². The van der Waals surface area contributed by atoms with Crippen LogP contribution >= 0.6 is 0 Å². The Balaban J connectivity index is 2.14. The number of nitrogens with zero attached hydrogens (tertiary/aromatic N) is 1. The first-order valence-corrected chi connectivity index (χ1v) is 4.52. The lowest BCUT2D eigenvalue weighted by molar-refractivity contribution is -0.125. The minimum Gasteiger partial charge on any atom is -0.298 e. The molecule has 2 heteroatoms. The van der Waals surface area contributed by atoms with E-state index in [0.717, 1.165) is 19.4 Å². The van der Waals surface area contributed by atoms with E-state index in [2.05, 4.69) is 11.9 Å². The Morgan fingerprint density at radius 2 is 2.27 bits per heavy atom. The Labute approximate surface area is 67.6 Å². The van der Waals surface area contributed by atoms with Crippen molar-refractivity contribution in [2.24, 2.45) is 5.92 Å². The van der Waals surface area contributed by atoms with E-state index in [1.54, 1.807) is 0 Å². The fourth-order valence-electron chi connectivity index (χ4n) is 2.52. The van der Waals surface area contributed by atoms with Gasteiger partial charge in [-0.25, -0.2) is 0 Å². The van der Waals surface area contributed by atoms with Crippen LogP contribution in [0.5, 0.6) is 0 Å². The highest BCUT2D eigenvalue weighted by molar-refractivity contribution is 5.85. The van der Waals surface area contributed by atoms with Gasteiger partial charge in [-0.2, -0.15) is 0 Å². The van der Waals surface area contributed by atoms with Gasteiger partial charge < -0.3 is 0 Å². The molecular weight excluding hydrogens is 138 g/mol. The third-order valence-electron chi connectivity index (χ3n) is 3.10. The summed E-state index contributed by atoms with van der Waals surface area (Å²) in [5.41, 5.74) is 0. The van der Waals surface area contributed by atoms with E-state index in [-0.39, 0.29) is 0 Å². The van der Waals surface area contributed by atoms with Crippen molar-refractivity contribution in [3.05, 3.63) is 0 Å². The van der Waals surface area contributed by atoms with Crippen LogP contribution in [0.2, 0.25) is 0 Å². The molecule has 1 saturated heterocycles. The molecule has 0 aromatic rings. The van der Waals surface area contributed by atoms with Crippen molar-refractivity contribution in [2.45, 2.75) is 31.7 Å². The van der Waals surface area contributed by atoms with Crippen molar-refractivity contribution in [3.63, 3.8) is 0 Å². The summed E-state index contributed by atoms with van der Waals surface area (Å²) >= 11 is 0. The zero-order valence-electron chi connectivity index (χ0n) is 7.05. The molecule has 0 aromatic carbocycles. The van der Waals surface area contributed by atoms with Gasteiger partial charge in [-0.05, 0) is 38.8 Å². The number of ketones is 1. The van der Waals surface area contributed by atoms with Crippen molar-refractivity contribution in [3.8, 4) is 0 Å². The highest BCUT2D eigenvalue weighted by atomic mass is 16.1. The third kappa shape index (κ3) is 1.09. The smallest absolute Gasteiger partial charge is 0.150 e. The van der Waals surface area contributed by atoms with Crippen LogP contribution in [0, 0.1) is 5.92 Å². The molecule has 0 unspecified atom stereocenters. The summed E-state index contributed by atoms with van der Waals surface area (Å²) < 4.78 is 0. The van der Waals surface area contributed by atoms with E-state index < -0.39 is 0 Å². The van der Waals surface area contributed by atoms with Crippen LogP contribution < -0.4 is 0 Å². The lowest BCUT2D eigenvalue weighted by Gasteiger charge is -2.27. The maximum atomic E-state index is 11.4. The lowest BCUT2D eigenvalue weighted by Crippen LogP contribution is -2.39.